The van der Waals surface area contributed by atoms with Gasteiger partial charge in [0, 0.05) is 13.0 Å². The van der Waals surface area contributed by atoms with Crippen molar-refractivity contribution in [2.45, 2.75) is 44.2 Å². The minimum absolute atomic E-state index is 0.0222. The molecule has 3 atom stereocenters. The first-order valence-electron chi connectivity index (χ1n) is 10.4. The van der Waals surface area contributed by atoms with Crippen molar-refractivity contribution in [1.82, 2.24) is 4.90 Å². The van der Waals surface area contributed by atoms with Crippen LogP contribution < -0.4 is 0 Å². The number of benzene rings is 3. The number of rotatable bonds is 8. The molecule has 3 aromatic carbocycles. The van der Waals surface area contributed by atoms with Crippen LogP contribution in [-0.4, -0.2) is 34.2 Å². The molecule has 0 unspecified atom stereocenters. The molecule has 0 saturated carbocycles. The van der Waals surface area contributed by atoms with Gasteiger partial charge < -0.3 is 14.7 Å². The first kappa shape index (κ1) is 20.3. The lowest BCUT2D eigenvalue weighted by Crippen LogP contribution is -2.47. The molecule has 1 N–H and O–H groups in total. The molecule has 0 aromatic heterocycles. The number of aliphatic hydroxyl groups is 1. The first-order chi connectivity index (χ1) is 14.7. The van der Waals surface area contributed by atoms with Crippen molar-refractivity contribution in [3.05, 3.63) is 108 Å². The second-order valence-electron chi connectivity index (χ2n) is 7.79. The van der Waals surface area contributed by atoms with Crippen LogP contribution in [0.1, 0.15) is 23.1 Å². The fraction of sp³-hybridized carbons (Fsp3) is 0.269. The topological polar surface area (TPSA) is 49.8 Å². The van der Waals surface area contributed by atoms with Crippen LogP contribution in [0.3, 0.4) is 0 Å². The van der Waals surface area contributed by atoms with Crippen molar-refractivity contribution in [3.8, 4) is 0 Å². The Morgan fingerprint density at radius 3 is 1.97 bits per heavy atom. The molecule has 1 aliphatic rings. The number of likely N-dealkylation sites (tertiary alicyclic amines) is 1. The molecule has 4 rings (SSSR count). The molecular weight excluding hydrogens is 374 g/mol. The lowest BCUT2D eigenvalue weighted by molar-refractivity contribution is -0.131. The highest BCUT2D eigenvalue weighted by Gasteiger charge is 2.44. The first-order valence-corrected chi connectivity index (χ1v) is 10.4. The molecule has 154 valence electrons. The minimum Gasteiger partial charge on any atom is -0.391 e. The second-order valence-corrected chi connectivity index (χ2v) is 7.79. The molecule has 1 heterocycles. The zero-order valence-electron chi connectivity index (χ0n) is 16.9. The Balaban J connectivity index is 1.53. The standard InChI is InChI=1S/C26H27NO3/c28-23(16-20-10-4-1-5-11-20)26-24(30-19-22-14-8-3-9-15-22)17-25(29)27(26)18-21-12-6-2-7-13-21/h1-15,23-24,26,28H,16-19H2/t23-,24+,26-/m1/s1. The van der Waals surface area contributed by atoms with Crippen LogP contribution in [0.25, 0.3) is 0 Å². The van der Waals surface area contributed by atoms with Crippen molar-refractivity contribution in [2.75, 3.05) is 0 Å². The molecule has 1 fully saturated rings. The highest BCUT2D eigenvalue weighted by Crippen LogP contribution is 2.29. The summed E-state index contributed by atoms with van der Waals surface area (Å²) < 4.78 is 6.18. The van der Waals surface area contributed by atoms with Crippen LogP contribution in [0.2, 0.25) is 0 Å². The van der Waals surface area contributed by atoms with E-state index in [1.54, 1.807) is 4.90 Å². The van der Waals surface area contributed by atoms with Crippen LogP contribution in [0.4, 0.5) is 0 Å². The lowest BCUT2D eigenvalue weighted by atomic mass is 9.98. The Morgan fingerprint density at radius 1 is 0.833 bits per heavy atom. The Bertz CT molecular complexity index is 930. The molecule has 4 nitrogen and oxygen atoms in total. The summed E-state index contributed by atoms with van der Waals surface area (Å²) in [7, 11) is 0. The molecule has 1 amide bonds. The fourth-order valence-corrected chi connectivity index (χ4v) is 4.12. The maximum absolute atomic E-state index is 12.9. The van der Waals surface area contributed by atoms with Gasteiger partial charge in [0.2, 0.25) is 5.91 Å². The molecule has 3 aromatic rings. The molecule has 4 heteroatoms. The third kappa shape index (κ3) is 4.96. The average molecular weight is 402 g/mol. The van der Waals surface area contributed by atoms with Gasteiger partial charge in [0.1, 0.15) is 0 Å². The van der Waals surface area contributed by atoms with Crippen LogP contribution in [0.5, 0.6) is 0 Å². The van der Waals surface area contributed by atoms with Gasteiger partial charge in [-0.05, 0) is 16.7 Å². The van der Waals surface area contributed by atoms with E-state index in [9.17, 15) is 9.90 Å². The molecule has 1 aliphatic heterocycles. The van der Waals surface area contributed by atoms with Gasteiger partial charge in [-0.3, -0.25) is 4.79 Å². The quantitative estimate of drug-likeness (QED) is 0.621. The predicted molar refractivity (Wildman–Crippen MR) is 117 cm³/mol. The Kier molecular flexibility index (Phi) is 6.57. The van der Waals surface area contributed by atoms with E-state index < -0.39 is 6.10 Å². The smallest absolute Gasteiger partial charge is 0.226 e. The fourth-order valence-electron chi connectivity index (χ4n) is 4.12. The van der Waals surface area contributed by atoms with Crippen molar-refractivity contribution >= 4 is 5.91 Å². The van der Waals surface area contributed by atoms with Gasteiger partial charge in [-0.25, -0.2) is 0 Å². The summed E-state index contributed by atoms with van der Waals surface area (Å²) in [6.07, 6.45) is -0.283. The van der Waals surface area contributed by atoms with Crippen molar-refractivity contribution in [2.24, 2.45) is 0 Å². The van der Waals surface area contributed by atoms with Gasteiger partial charge >= 0.3 is 0 Å². The molecule has 30 heavy (non-hydrogen) atoms. The summed E-state index contributed by atoms with van der Waals surface area (Å²) >= 11 is 0. The zero-order chi connectivity index (χ0) is 20.8. The molecule has 0 radical (unpaired) electrons. The third-order valence-corrected chi connectivity index (χ3v) is 5.62. The average Bonchev–Trinajstić information content (AvgIpc) is 3.09. The Labute approximate surface area is 177 Å². The van der Waals surface area contributed by atoms with Gasteiger partial charge in [-0.15, -0.1) is 0 Å². The van der Waals surface area contributed by atoms with Crippen LogP contribution in [0.15, 0.2) is 91.0 Å². The summed E-state index contributed by atoms with van der Waals surface area (Å²) in [5.74, 6) is 0.0222. The van der Waals surface area contributed by atoms with Crippen molar-refractivity contribution in [1.29, 1.82) is 0 Å². The molecule has 0 spiro atoms. The maximum Gasteiger partial charge on any atom is 0.226 e. The van der Waals surface area contributed by atoms with E-state index in [1.165, 1.54) is 0 Å². The summed E-state index contributed by atoms with van der Waals surface area (Å²) in [6, 6.07) is 29.3. The maximum atomic E-state index is 12.9. The van der Waals surface area contributed by atoms with E-state index in [-0.39, 0.29) is 24.5 Å². The van der Waals surface area contributed by atoms with Gasteiger partial charge in [0.15, 0.2) is 0 Å². The number of carbonyl (C=O) groups excluding carboxylic acids is 1. The van der Waals surface area contributed by atoms with Crippen LogP contribution in [-0.2, 0) is 29.1 Å². The Hall–Kier alpha value is -2.95. The van der Waals surface area contributed by atoms with Crippen molar-refractivity contribution in [3.63, 3.8) is 0 Å². The SMILES string of the molecule is O=C1C[C@H](OCc2ccccc2)[C@@H]([C@H](O)Cc2ccccc2)N1Cc1ccccc1. The predicted octanol–water partition coefficient (Wildman–Crippen LogP) is 3.98. The number of aliphatic hydroxyl groups excluding tert-OH is 1. The molecule has 0 bridgehead atoms. The zero-order valence-corrected chi connectivity index (χ0v) is 16.9. The van der Waals surface area contributed by atoms with E-state index in [2.05, 4.69) is 0 Å². The normalized spacial score (nSPS) is 19.8. The van der Waals surface area contributed by atoms with E-state index >= 15 is 0 Å². The number of nitrogens with zero attached hydrogens (tertiary/aromatic N) is 1. The van der Waals surface area contributed by atoms with E-state index in [0.717, 1.165) is 16.7 Å². The van der Waals surface area contributed by atoms with Crippen LogP contribution >= 0.6 is 0 Å². The lowest BCUT2D eigenvalue weighted by Gasteiger charge is -2.32. The number of amides is 1. The highest BCUT2D eigenvalue weighted by atomic mass is 16.5. The molecule has 0 aliphatic carbocycles. The van der Waals surface area contributed by atoms with Crippen molar-refractivity contribution < 1.29 is 14.6 Å². The summed E-state index contributed by atoms with van der Waals surface area (Å²) in [5, 5.41) is 11.2. The number of hydrogen-bond acceptors (Lipinski definition) is 3. The third-order valence-electron chi connectivity index (χ3n) is 5.62. The second kappa shape index (κ2) is 9.70. The van der Waals surface area contributed by atoms with Gasteiger partial charge in [0.05, 0.1) is 31.3 Å². The number of ether oxygens (including phenoxy) is 1. The van der Waals surface area contributed by atoms with E-state index in [1.807, 2.05) is 91.0 Å². The summed E-state index contributed by atoms with van der Waals surface area (Å²) in [4.78, 5) is 14.7. The Morgan fingerprint density at radius 2 is 1.37 bits per heavy atom. The molecule has 1 saturated heterocycles. The van der Waals surface area contributed by atoms with Gasteiger partial charge in [0.25, 0.3) is 0 Å². The highest BCUT2D eigenvalue weighted by molar-refractivity contribution is 5.80. The molecular formula is C26H27NO3. The number of carbonyl (C=O) groups is 1. The minimum atomic E-state index is -0.705. The largest absolute Gasteiger partial charge is 0.391 e. The van der Waals surface area contributed by atoms with E-state index in [4.69, 9.17) is 4.74 Å². The van der Waals surface area contributed by atoms with Gasteiger partial charge in [-0.1, -0.05) is 91.0 Å². The summed E-state index contributed by atoms with van der Waals surface area (Å²) in [5.41, 5.74) is 3.15. The van der Waals surface area contributed by atoms with Crippen LogP contribution in [0, 0.1) is 0 Å². The monoisotopic (exact) mass is 401 g/mol. The number of hydrogen-bond donors (Lipinski definition) is 1. The van der Waals surface area contributed by atoms with E-state index in [0.29, 0.717) is 19.6 Å². The van der Waals surface area contributed by atoms with Gasteiger partial charge in [-0.2, -0.15) is 0 Å². The summed E-state index contributed by atoms with van der Waals surface area (Å²) in [6.45, 7) is 0.897.